The second kappa shape index (κ2) is 5.34. The number of hydrogen-bond acceptors (Lipinski definition) is 3. The zero-order valence-electron chi connectivity index (χ0n) is 11.2. The molecule has 0 fully saturated rings. The minimum absolute atomic E-state index is 0.577. The zero-order valence-corrected chi connectivity index (χ0v) is 12.8. The fourth-order valence-electron chi connectivity index (χ4n) is 2.25. The number of aryl methyl sites for hydroxylation is 1. The van der Waals surface area contributed by atoms with Crippen LogP contribution >= 0.6 is 15.9 Å². The molecular formula is C15H15BrN4. The van der Waals surface area contributed by atoms with Crippen molar-refractivity contribution in [2.45, 2.75) is 13.3 Å². The number of halogens is 1. The highest BCUT2D eigenvalue weighted by atomic mass is 79.9. The van der Waals surface area contributed by atoms with Crippen molar-refractivity contribution < 1.29 is 0 Å². The molecule has 0 atom stereocenters. The summed E-state index contributed by atoms with van der Waals surface area (Å²) in [5.41, 5.74) is 10.7. The molecule has 0 aliphatic carbocycles. The first kappa shape index (κ1) is 13.3. The molecule has 2 N–H and O–H groups in total. The average molecular weight is 331 g/mol. The van der Waals surface area contributed by atoms with Crippen LogP contribution in [-0.4, -0.2) is 21.1 Å². The highest BCUT2D eigenvalue weighted by Crippen LogP contribution is 2.24. The number of nitrogens with zero attached hydrogens (tertiary/aromatic N) is 3. The summed E-state index contributed by atoms with van der Waals surface area (Å²) in [7, 11) is 0. The van der Waals surface area contributed by atoms with E-state index in [0.717, 1.165) is 33.6 Å². The van der Waals surface area contributed by atoms with Crippen molar-refractivity contribution in [2.24, 2.45) is 5.73 Å². The molecule has 2 heterocycles. The molecule has 4 nitrogen and oxygen atoms in total. The van der Waals surface area contributed by atoms with Crippen molar-refractivity contribution in [3.05, 3.63) is 52.3 Å². The van der Waals surface area contributed by atoms with Gasteiger partial charge in [-0.25, -0.2) is 9.50 Å². The molecule has 0 bridgehead atoms. The van der Waals surface area contributed by atoms with Crippen molar-refractivity contribution in [2.75, 3.05) is 6.54 Å². The maximum atomic E-state index is 5.60. The van der Waals surface area contributed by atoms with Crippen molar-refractivity contribution in [3.63, 3.8) is 0 Å². The van der Waals surface area contributed by atoms with Crippen molar-refractivity contribution in [3.8, 4) is 11.3 Å². The van der Waals surface area contributed by atoms with Crippen LogP contribution in [0.4, 0.5) is 0 Å². The molecule has 0 aliphatic heterocycles. The molecule has 3 rings (SSSR count). The normalized spacial score (nSPS) is 11.2. The van der Waals surface area contributed by atoms with Gasteiger partial charge in [-0.05, 0) is 47.1 Å². The van der Waals surface area contributed by atoms with E-state index in [4.69, 9.17) is 5.73 Å². The van der Waals surface area contributed by atoms with Gasteiger partial charge < -0.3 is 5.73 Å². The molecule has 2 aromatic heterocycles. The van der Waals surface area contributed by atoms with Gasteiger partial charge in [0.25, 0.3) is 0 Å². The van der Waals surface area contributed by atoms with Crippen LogP contribution in [0.5, 0.6) is 0 Å². The summed E-state index contributed by atoms with van der Waals surface area (Å²) in [6.07, 6.45) is 0.740. The van der Waals surface area contributed by atoms with Gasteiger partial charge in [0.2, 0.25) is 0 Å². The average Bonchev–Trinajstić information content (AvgIpc) is 2.76. The Bertz CT molecular complexity index is 764. The van der Waals surface area contributed by atoms with Crippen LogP contribution < -0.4 is 5.73 Å². The van der Waals surface area contributed by atoms with Crippen LogP contribution in [0, 0.1) is 6.92 Å². The summed E-state index contributed by atoms with van der Waals surface area (Å²) >= 11 is 3.56. The first-order chi connectivity index (χ1) is 9.70. The highest BCUT2D eigenvalue weighted by molar-refractivity contribution is 9.10. The first-order valence-electron chi connectivity index (χ1n) is 6.51. The lowest BCUT2D eigenvalue weighted by Gasteiger charge is -2.05. The molecule has 0 saturated carbocycles. The summed E-state index contributed by atoms with van der Waals surface area (Å²) in [4.78, 5) is 4.53. The number of imidazole rings is 1. The first-order valence-corrected chi connectivity index (χ1v) is 7.30. The Morgan fingerprint density at radius 2 is 2.00 bits per heavy atom. The Morgan fingerprint density at radius 3 is 2.75 bits per heavy atom. The Morgan fingerprint density at radius 1 is 1.20 bits per heavy atom. The summed E-state index contributed by atoms with van der Waals surface area (Å²) in [5.74, 6) is 0. The van der Waals surface area contributed by atoms with Gasteiger partial charge in [-0.2, -0.15) is 5.10 Å². The Hall–Kier alpha value is -1.72. The maximum Gasteiger partial charge on any atom is 0.155 e. The summed E-state index contributed by atoms with van der Waals surface area (Å²) in [5, 5.41) is 4.68. The van der Waals surface area contributed by atoms with Gasteiger partial charge in [-0.1, -0.05) is 24.3 Å². The third-order valence-corrected chi connectivity index (χ3v) is 4.08. The van der Waals surface area contributed by atoms with E-state index in [1.165, 1.54) is 5.56 Å². The Kier molecular flexibility index (Phi) is 3.54. The minimum atomic E-state index is 0.577. The predicted molar refractivity (Wildman–Crippen MR) is 83.6 cm³/mol. The van der Waals surface area contributed by atoms with Gasteiger partial charge in [0.1, 0.15) is 4.60 Å². The van der Waals surface area contributed by atoms with Crippen molar-refractivity contribution in [1.29, 1.82) is 0 Å². The molecule has 20 heavy (non-hydrogen) atoms. The topological polar surface area (TPSA) is 56.2 Å². The Labute approximate surface area is 125 Å². The van der Waals surface area contributed by atoms with Gasteiger partial charge in [-0.15, -0.1) is 0 Å². The van der Waals surface area contributed by atoms with Gasteiger partial charge >= 0.3 is 0 Å². The molecule has 0 unspecified atom stereocenters. The van der Waals surface area contributed by atoms with Gasteiger partial charge in [0, 0.05) is 12.0 Å². The monoisotopic (exact) mass is 330 g/mol. The van der Waals surface area contributed by atoms with E-state index in [1.54, 1.807) is 0 Å². The van der Waals surface area contributed by atoms with E-state index in [1.807, 2.05) is 28.8 Å². The van der Waals surface area contributed by atoms with Gasteiger partial charge in [0.15, 0.2) is 5.65 Å². The number of rotatable bonds is 3. The van der Waals surface area contributed by atoms with Crippen LogP contribution in [0.1, 0.15) is 11.3 Å². The van der Waals surface area contributed by atoms with Crippen LogP contribution in [0.15, 0.2) is 41.0 Å². The number of fused-ring (bicyclic) bond motifs is 1. The number of benzene rings is 1. The smallest absolute Gasteiger partial charge is 0.155 e. The third kappa shape index (κ3) is 2.23. The van der Waals surface area contributed by atoms with E-state index in [0.29, 0.717) is 6.54 Å². The maximum absolute atomic E-state index is 5.60. The van der Waals surface area contributed by atoms with E-state index in [-0.39, 0.29) is 0 Å². The summed E-state index contributed by atoms with van der Waals surface area (Å²) in [6, 6.07) is 12.2. The predicted octanol–water partition coefficient (Wildman–Crippen LogP) is 2.97. The summed E-state index contributed by atoms with van der Waals surface area (Å²) in [6.45, 7) is 2.66. The van der Waals surface area contributed by atoms with Gasteiger partial charge in [0.05, 0.1) is 11.4 Å². The third-order valence-electron chi connectivity index (χ3n) is 3.29. The standard InChI is InChI=1S/C15H15BrN4/c1-10-4-2-3-5-11(10)12-6-7-14-18-13(8-9-17)15(16)20(14)19-12/h2-7H,8-9,17H2,1H3. The Balaban J connectivity index is 2.15. The molecule has 5 heteroatoms. The molecule has 102 valence electrons. The largest absolute Gasteiger partial charge is 0.330 e. The van der Waals surface area contributed by atoms with E-state index < -0.39 is 0 Å². The fourth-order valence-corrected chi connectivity index (χ4v) is 2.80. The molecule has 0 amide bonds. The highest BCUT2D eigenvalue weighted by Gasteiger charge is 2.11. The molecule has 1 aromatic carbocycles. The molecular weight excluding hydrogens is 316 g/mol. The molecule has 0 spiro atoms. The van der Waals surface area contributed by atoms with Crippen molar-refractivity contribution in [1.82, 2.24) is 14.6 Å². The van der Waals surface area contributed by atoms with Crippen molar-refractivity contribution >= 4 is 21.6 Å². The summed E-state index contributed by atoms with van der Waals surface area (Å²) < 4.78 is 2.71. The lowest BCUT2D eigenvalue weighted by atomic mass is 10.1. The second-order valence-corrected chi connectivity index (χ2v) is 5.44. The fraction of sp³-hybridized carbons (Fsp3) is 0.200. The molecule has 0 saturated heterocycles. The molecule has 0 aliphatic rings. The SMILES string of the molecule is Cc1ccccc1-c1ccc2nc(CCN)c(Br)n2n1. The van der Waals surface area contributed by atoms with Gasteiger partial charge in [-0.3, -0.25) is 0 Å². The van der Waals surface area contributed by atoms with E-state index >= 15 is 0 Å². The van der Waals surface area contributed by atoms with E-state index in [2.05, 4.69) is 45.1 Å². The van der Waals surface area contributed by atoms with Crippen LogP contribution in [-0.2, 0) is 6.42 Å². The molecule has 0 radical (unpaired) electrons. The van der Waals surface area contributed by atoms with Crippen LogP contribution in [0.2, 0.25) is 0 Å². The quantitative estimate of drug-likeness (QED) is 0.803. The lowest BCUT2D eigenvalue weighted by molar-refractivity contribution is 0.894. The lowest BCUT2D eigenvalue weighted by Crippen LogP contribution is -2.03. The van der Waals surface area contributed by atoms with Crippen LogP contribution in [0.25, 0.3) is 16.9 Å². The second-order valence-electron chi connectivity index (χ2n) is 4.69. The van der Waals surface area contributed by atoms with Crippen LogP contribution in [0.3, 0.4) is 0 Å². The van der Waals surface area contributed by atoms with E-state index in [9.17, 15) is 0 Å². The number of hydrogen-bond donors (Lipinski definition) is 1. The molecule has 3 aromatic rings. The zero-order chi connectivity index (χ0) is 14.1. The minimum Gasteiger partial charge on any atom is -0.330 e. The number of aromatic nitrogens is 3. The number of nitrogens with two attached hydrogens (primary N) is 1.